The molecule has 1 heterocycles. The summed E-state index contributed by atoms with van der Waals surface area (Å²) in [5.41, 5.74) is 6.43. The Bertz CT molecular complexity index is 1210. The van der Waals surface area contributed by atoms with Gasteiger partial charge in [0.05, 0.1) is 34.7 Å². The Kier molecular flexibility index (Phi) is 5.16. The van der Waals surface area contributed by atoms with Gasteiger partial charge in [0.25, 0.3) is 0 Å². The zero-order chi connectivity index (χ0) is 20.9. The predicted octanol–water partition coefficient (Wildman–Crippen LogP) is 5.86. The Morgan fingerprint density at radius 2 is 1.07 bits per heavy atom. The van der Waals surface area contributed by atoms with Crippen molar-refractivity contribution in [1.82, 2.24) is 9.97 Å². The molecule has 1 aromatic heterocycles. The topological polar surface area (TPSA) is 73.4 Å². The minimum Gasteiger partial charge on any atom is -0.228 e. The van der Waals surface area contributed by atoms with Crippen molar-refractivity contribution in [2.45, 2.75) is 0 Å². The third kappa shape index (κ3) is 3.85. The fraction of sp³-hybridized carbons (Fsp3) is 0. The highest BCUT2D eigenvalue weighted by Gasteiger charge is 2.11. The molecular weight excluding hydrogens is 368 g/mol. The van der Waals surface area contributed by atoms with Crippen LogP contribution in [0.5, 0.6) is 0 Å². The van der Waals surface area contributed by atoms with E-state index in [0.29, 0.717) is 17.0 Å². The van der Waals surface area contributed by atoms with Crippen LogP contribution in [0.4, 0.5) is 0 Å². The van der Waals surface area contributed by atoms with Crippen molar-refractivity contribution in [2.75, 3.05) is 0 Å². The van der Waals surface area contributed by atoms with Gasteiger partial charge in [-0.2, -0.15) is 10.5 Å². The van der Waals surface area contributed by atoms with Gasteiger partial charge in [-0.15, -0.1) is 0 Å². The van der Waals surface area contributed by atoms with Crippen LogP contribution in [0.2, 0.25) is 0 Å². The van der Waals surface area contributed by atoms with Gasteiger partial charge in [-0.05, 0) is 35.9 Å². The maximum Gasteiger partial charge on any atom is 0.160 e. The summed E-state index contributed by atoms with van der Waals surface area (Å²) < 4.78 is 0. The molecule has 0 unspecified atom stereocenters. The standard InChI is InChI=1S/C26H16N4/c1-2-18-3-13-23(14-4-18)26-29-24(21-9-5-19(16-27)6-10-21)15-25(30-26)22-11-7-20(17-28)8-12-22/h2-15H,1H2. The van der Waals surface area contributed by atoms with Crippen LogP contribution in [-0.2, 0) is 0 Å². The van der Waals surface area contributed by atoms with Gasteiger partial charge in [-0.3, -0.25) is 0 Å². The predicted molar refractivity (Wildman–Crippen MR) is 118 cm³/mol. The minimum atomic E-state index is 0.598. The van der Waals surface area contributed by atoms with E-state index in [0.717, 1.165) is 33.6 Å². The molecular formula is C26H16N4. The van der Waals surface area contributed by atoms with E-state index in [-0.39, 0.29) is 0 Å². The summed E-state index contributed by atoms with van der Waals surface area (Å²) in [5, 5.41) is 18.1. The van der Waals surface area contributed by atoms with E-state index in [2.05, 4.69) is 18.7 Å². The average molecular weight is 384 g/mol. The minimum absolute atomic E-state index is 0.598. The van der Waals surface area contributed by atoms with Gasteiger partial charge in [0.1, 0.15) is 0 Å². The van der Waals surface area contributed by atoms with Crippen molar-refractivity contribution in [3.8, 4) is 46.0 Å². The van der Waals surface area contributed by atoms with Crippen LogP contribution >= 0.6 is 0 Å². The van der Waals surface area contributed by atoms with E-state index in [1.54, 1.807) is 30.3 Å². The van der Waals surface area contributed by atoms with E-state index in [1.807, 2.05) is 54.6 Å². The lowest BCUT2D eigenvalue weighted by Crippen LogP contribution is -1.96. The third-order valence-corrected chi connectivity index (χ3v) is 4.75. The average Bonchev–Trinajstić information content (AvgIpc) is 2.84. The molecule has 30 heavy (non-hydrogen) atoms. The van der Waals surface area contributed by atoms with E-state index in [4.69, 9.17) is 20.5 Å². The van der Waals surface area contributed by atoms with Gasteiger partial charge in [-0.1, -0.05) is 61.2 Å². The highest BCUT2D eigenvalue weighted by atomic mass is 14.9. The van der Waals surface area contributed by atoms with Crippen LogP contribution in [-0.4, -0.2) is 9.97 Å². The SMILES string of the molecule is C=Cc1ccc(-c2nc(-c3ccc(C#N)cc3)cc(-c3ccc(C#N)cc3)n2)cc1. The highest BCUT2D eigenvalue weighted by Crippen LogP contribution is 2.28. The fourth-order valence-corrected chi connectivity index (χ4v) is 3.07. The van der Waals surface area contributed by atoms with Gasteiger partial charge >= 0.3 is 0 Å². The molecule has 4 rings (SSSR count). The molecule has 3 aromatic carbocycles. The van der Waals surface area contributed by atoms with Crippen LogP contribution in [0, 0.1) is 22.7 Å². The quantitative estimate of drug-likeness (QED) is 0.441. The van der Waals surface area contributed by atoms with E-state index in [9.17, 15) is 0 Å². The van der Waals surface area contributed by atoms with E-state index in [1.165, 1.54) is 0 Å². The second kappa shape index (κ2) is 8.22. The molecule has 4 nitrogen and oxygen atoms in total. The monoisotopic (exact) mass is 384 g/mol. The number of benzene rings is 3. The molecule has 4 aromatic rings. The summed E-state index contributed by atoms with van der Waals surface area (Å²) in [6, 6.07) is 28.7. The maximum atomic E-state index is 9.06. The number of aromatic nitrogens is 2. The van der Waals surface area contributed by atoms with Crippen molar-refractivity contribution in [3.63, 3.8) is 0 Å². The van der Waals surface area contributed by atoms with Crippen molar-refractivity contribution >= 4 is 6.08 Å². The van der Waals surface area contributed by atoms with E-state index >= 15 is 0 Å². The normalized spacial score (nSPS) is 10.1. The molecule has 140 valence electrons. The maximum absolute atomic E-state index is 9.06. The lowest BCUT2D eigenvalue weighted by molar-refractivity contribution is 1.18. The summed E-state index contributed by atoms with van der Waals surface area (Å²) in [7, 11) is 0. The molecule has 0 aliphatic heterocycles. The van der Waals surface area contributed by atoms with Crippen molar-refractivity contribution in [3.05, 3.63) is 102 Å². The van der Waals surface area contributed by atoms with Gasteiger partial charge < -0.3 is 0 Å². The second-order valence-corrected chi connectivity index (χ2v) is 6.67. The van der Waals surface area contributed by atoms with Crippen LogP contribution < -0.4 is 0 Å². The molecule has 4 heteroatoms. The molecule has 0 radical (unpaired) electrons. The smallest absolute Gasteiger partial charge is 0.160 e. The molecule has 0 bridgehead atoms. The molecule has 0 spiro atoms. The van der Waals surface area contributed by atoms with Crippen molar-refractivity contribution in [1.29, 1.82) is 10.5 Å². The molecule has 0 saturated carbocycles. The first kappa shape index (κ1) is 18.8. The molecule has 0 saturated heterocycles. The Hall–Kier alpha value is -4.54. The lowest BCUT2D eigenvalue weighted by atomic mass is 10.0. The van der Waals surface area contributed by atoms with Crippen LogP contribution in [0.15, 0.2) is 85.4 Å². The van der Waals surface area contributed by atoms with Crippen LogP contribution in [0.25, 0.3) is 40.0 Å². The van der Waals surface area contributed by atoms with Crippen molar-refractivity contribution < 1.29 is 0 Å². The molecule has 0 atom stereocenters. The largest absolute Gasteiger partial charge is 0.228 e. The van der Waals surface area contributed by atoms with Gasteiger partial charge in [0.15, 0.2) is 5.82 Å². The summed E-state index contributed by atoms with van der Waals surface area (Å²) in [5.74, 6) is 0.604. The molecule has 0 N–H and O–H groups in total. The van der Waals surface area contributed by atoms with Gasteiger partial charge in [-0.25, -0.2) is 9.97 Å². The summed E-state index contributed by atoms with van der Waals surface area (Å²) >= 11 is 0. The Labute approximate surface area is 175 Å². The van der Waals surface area contributed by atoms with Crippen LogP contribution in [0.1, 0.15) is 16.7 Å². The van der Waals surface area contributed by atoms with Gasteiger partial charge in [0.2, 0.25) is 0 Å². The lowest BCUT2D eigenvalue weighted by Gasteiger charge is -2.10. The number of hydrogen-bond donors (Lipinski definition) is 0. The first-order chi connectivity index (χ1) is 14.7. The summed E-state index contributed by atoms with van der Waals surface area (Å²) in [6.07, 6.45) is 1.79. The fourth-order valence-electron chi connectivity index (χ4n) is 3.07. The van der Waals surface area contributed by atoms with Crippen molar-refractivity contribution in [2.24, 2.45) is 0 Å². The first-order valence-corrected chi connectivity index (χ1v) is 9.33. The Balaban J connectivity index is 1.86. The number of nitrogens with zero attached hydrogens (tertiary/aromatic N) is 4. The Morgan fingerprint density at radius 1 is 0.633 bits per heavy atom. The highest BCUT2D eigenvalue weighted by molar-refractivity contribution is 5.72. The molecule has 0 aliphatic carbocycles. The van der Waals surface area contributed by atoms with Gasteiger partial charge in [0, 0.05) is 16.7 Å². The molecule has 0 aliphatic rings. The molecule has 0 amide bonds. The first-order valence-electron chi connectivity index (χ1n) is 9.33. The zero-order valence-corrected chi connectivity index (χ0v) is 16.1. The Morgan fingerprint density at radius 3 is 1.47 bits per heavy atom. The van der Waals surface area contributed by atoms with Crippen LogP contribution in [0.3, 0.4) is 0 Å². The zero-order valence-electron chi connectivity index (χ0n) is 16.1. The number of rotatable bonds is 4. The number of hydrogen-bond acceptors (Lipinski definition) is 4. The second-order valence-electron chi connectivity index (χ2n) is 6.67. The van der Waals surface area contributed by atoms with E-state index < -0.39 is 0 Å². The summed E-state index contributed by atoms with van der Waals surface area (Å²) in [6.45, 7) is 3.79. The summed E-state index contributed by atoms with van der Waals surface area (Å²) in [4.78, 5) is 9.54. The number of nitriles is 2. The molecule has 0 fully saturated rings. The third-order valence-electron chi connectivity index (χ3n) is 4.75.